The van der Waals surface area contributed by atoms with Crippen LogP contribution in [0.1, 0.15) is 15.9 Å². The van der Waals surface area contributed by atoms with E-state index in [0.717, 1.165) is 5.56 Å². The topological polar surface area (TPSA) is 47.6 Å². The van der Waals surface area contributed by atoms with Gasteiger partial charge in [0.2, 0.25) is 0 Å². The third-order valence-electron chi connectivity index (χ3n) is 3.13. The number of nitrogens with one attached hydrogen (secondary N) is 1. The quantitative estimate of drug-likeness (QED) is 0.832. The Morgan fingerprint density at radius 3 is 2.50 bits per heavy atom. The van der Waals surface area contributed by atoms with Crippen LogP contribution in [-0.4, -0.2) is 20.1 Å². The van der Waals surface area contributed by atoms with E-state index in [1.54, 1.807) is 24.3 Å². The van der Waals surface area contributed by atoms with Crippen molar-refractivity contribution in [3.05, 3.63) is 51.0 Å². The number of hydrogen-bond acceptors (Lipinski definition) is 3. The molecule has 2 rings (SSSR count). The molecule has 0 fully saturated rings. The normalized spacial score (nSPS) is 10.2. The molecule has 0 radical (unpaired) electrons. The van der Waals surface area contributed by atoms with Crippen molar-refractivity contribution < 1.29 is 14.3 Å². The smallest absolute Gasteiger partial charge is 0.259 e. The van der Waals surface area contributed by atoms with Crippen molar-refractivity contribution in [1.29, 1.82) is 0 Å². The van der Waals surface area contributed by atoms with Crippen molar-refractivity contribution in [2.45, 2.75) is 6.92 Å². The molecule has 0 aliphatic rings. The lowest BCUT2D eigenvalue weighted by Crippen LogP contribution is -2.13. The molecule has 2 aromatic rings. The summed E-state index contributed by atoms with van der Waals surface area (Å²) in [4.78, 5) is 12.5. The highest BCUT2D eigenvalue weighted by atomic mass is 79.9. The number of amides is 1. The lowest BCUT2D eigenvalue weighted by Gasteiger charge is -2.13. The number of rotatable bonds is 4. The Morgan fingerprint density at radius 1 is 1.18 bits per heavy atom. The van der Waals surface area contributed by atoms with Crippen LogP contribution in [0, 0.1) is 6.92 Å². The Morgan fingerprint density at radius 2 is 1.91 bits per heavy atom. The van der Waals surface area contributed by atoms with E-state index in [2.05, 4.69) is 21.2 Å². The summed E-state index contributed by atoms with van der Waals surface area (Å²) in [5.74, 6) is 0.688. The molecule has 0 heterocycles. The van der Waals surface area contributed by atoms with Gasteiger partial charge in [0.25, 0.3) is 5.91 Å². The molecule has 0 unspecified atom stereocenters. The van der Waals surface area contributed by atoms with Crippen LogP contribution < -0.4 is 14.8 Å². The minimum Gasteiger partial charge on any atom is -0.497 e. The van der Waals surface area contributed by atoms with Crippen LogP contribution in [0.2, 0.25) is 5.02 Å². The molecule has 0 atom stereocenters. The fourth-order valence-corrected chi connectivity index (χ4v) is 2.71. The van der Waals surface area contributed by atoms with Gasteiger partial charge >= 0.3 is 0 Å². The molecule has 1 amide bonds. The van der Waals surface area contributed by atoms with Crippen molar-refractivity contribution in [2.24, 2.45) is 0 Å². The summed E-state index contributed by atoms with van der Waals surface area (Å²) in [6.45, 7) is 1.90. The third kappa shape index (κ3) is 3.54. The average molecular weight is 385 g/mol. The highest BCUT2D eigenvalue weighted by Crippen LogP contribution is 2.34. The molecule has 0 saturated carbocycles. The van der Waals surface area contributed by atoms with Gasteiger partial charge in [-0.2, -0.15) is 0 Å². The molecule has 1 N–H and O–H groups in total. The van der Waals surface area contributed by atoms with E-state index in [0.29, 0.717) is 32.2 Å². The summed E-state index contributed by atoms with van der Waals surface area (Å²) in [6, 6.07) is 8.70. The molecule has 2 aromatic carbocycles. The highest BCUT2D eigenvalue weighted by Gasteiger charge is 2.17. The van der Waals surface area contributed by atoms with Gasteiger partial charge in [0.05, 0.1) is 24.3 Å². The zero-order valence-electron chi connectivity index (χ0n) is 12.4. The first-order valence-corrected chi connectivity index (χ1v) is 7.62. The molecular formula is C16H15BrClNO3. The van der Waals surface area contributed by atoms with Crippen molar-refractivity contribution in [2.75, 3.05) is 19.5 Å². The van der Waals surface area contributed by atoms with Crippen LogP contribution in [-0.2, 0) is 0 Å². The molecule has 0 spiro atoms. The first-order valence-electron chi connectivity index (χ1n) is 6.45. The first-order chi connectivity index (χ1) is 10.5. The molecule has 0 aromatic heterocycles. The number of aryl methyl sites for hydroxylation is 1. The number of ether oxygens (including phenoxy) is 2. The molecule has 0 bridgehead atoms. The second kappa shape index (κ2) is 7.03. The Bertz CT molecular complexity index is 719. The maximum atomic E-state index is 12.5. The number of anilines is 1. The van der Waals surface area contributed by atoms with Crippen LogP contribution in [0.3, 0.4) is 0 Å². The van der Waals surface area contributed by atoms with Crippen LogP contribution in [0.15, 0.2) is 34.8 Å². The van der Waals surface area contributed by atoms with Gasteiger partial charge in [-0.15, -0.1) is 0 Å². The predicted molar refractivity (Wildman–Crippen MR) is 91.4 cm³/mol. The summed E-state index contributed by atoms with van der Waals surface area (Å²) in [7, 11) is 3.04. The van der Waals surface area contributed by atoms with Crippen molar-refractivity contribution in [3.8, 4) is 11.5 Å². The number of methoxy groups -OCH3 is 2. The summed E-state index contributed by atoms with van der Waals surface area (Å²) >= 11 is 9.44. The largest absolute Gasteiger partial charge is 0.497 e. The Hall–Kier alpha value is -1.72. The van der Waals surface area contributed by atoms with Gasteiger partial charge in [-0.25, -0.2) is 0 Å². The molecule has 116 valence electrons. The van der Waals surface area contributed by atoms with Gasteiger partial charge in [-0.05, 0) is 52.7 Å². The van der Waals surface area contributed by atoms with Gasteiger partial charge in [0, 0.05) is 10.7 Å². The summed E-state index contributed by atoms with van der Waals surface area (Å²) in [5, 5.41) is 3.39. The lowest BCUT2D eigenvalue weighted by atomic mass is 10.1. The van der Waals surface area contributed by atoms with E-state index in [1.165, 1.54) is 14.2 Å². The van der Waals surface area contributed by atoms with E-state index in [1.807, 2.05) is 13.0 Å². The number of hydrogen-bond donors (Lipinski definition) is 1. The van der Waals surface area contributed by atoms with Gasteiger partial charge in [0.1, 0.15) is 11.5 Å². The first kappa shape index (κ1) is 16.6. The van der Waals surface area contributed by atoms with E-state index in [4.69, 9.17) is 21.1 Å². The monoisotopic (exact) mass is 383 g/mol. The molecule has 0 aliphatic carbocycles. The van der Waals surface area contributed by atoms with Crippen molar-refractivity contribution in [3.63, 3.8) is 0 Å². The molecule has 0 saturated heterocycles. The number of carbonyl (C=O) groups is 1. The SMILES string of the molecule is COc1cc(Br)c(OC)c(C(=O)Nc2ccc(C)c(Cl)c2)c1. The van der Waals surface area contributed by atoms with Crippen molar-refractivity contribution in [1.82, 2.24) is 0 Å². The second-order valence-corrected chi connectivity index (χ2v) is 5.87. The van der Waals surface area contributed by atoms with Crippen LogP contribution in [0.25, 0.3) is 0 Å². The molecular weight excluding hydrogens is 370 g/mol. The Kier molecular flexibility index (Phi) is 5.32. The van der Waals surface area contributed by atoms with Crippen molar-refractivity contribution >= 4 is 39.1 Å². The standard InChI is InChI=1S/C16H15BrClNO3/c1-9-4-5-10(6-14(9)18)19-16(20)12-7-11(21-2)8-13(17)15(12)22-3/h4-8H,1-3H3,(H,19,20). The van der Waals surface area contributed by atoms with Gasteiger partial charge in [-0.1, -0.05) is 17.7 Å². The minimum absolute atomic E-state index is 0.309. The maximum absolute atomic E-state index is 12.5. The van der Waals surface area contributed by atoms with Crippen LogP contribution >= 0.6 is 27.5 Å². The molecule has 4 nitrogen and oxygen atoms in total. The Balaban J connectivity index is 2.36. The zero-order chi connectivity index (χ0) is 16.3. The predicted octanol–water partition coefficient (Wildman–Crippen LogP) is 4.68. The van der Waals surface area contributed by atoms with E-state index < -0.39 is 0 Å². The molecule has 0 aliphatic heterocycles. The zero-order valence-corrected chi connectivity index (χ0v) is 14.7. The van der Waals surface area contributed by atoms with Crippen LogP contribution in [0.4, 0.5) is 5.69 Å². The third-order valence-corrected chi connectivity index (χ3v) is 4.13. The fraction of sp³-hybridized carbons (Fsp3) is 0.188. The van der Waals surface area contributed by atoms with E-state index >= 15 is 0 Å². The highest BCUT2D eigenvalue weighted by molar-refractivity contribution is 9.10. The summed E-state index contributed by atoms with van der Waals surface area (Å²) < 4.78 is 11.1. The summed E-state index contributed by atoms with van der Waals surface area (Å²) in [5.41, 5.74) is 1.92. The number of benzene rings is 2. The Labute approximate surface area is 142 Å². The number of halogens is 2. The molecule has 22 heavy (non-hydrogen) atoms. The van der Waals surface area contributed by atoms with Gasteiger partial charge < -0.3 is 14.8 Å². The second-order valence-electron chi connectivity index (χ2n) is 4.61. The lowest BCUT2D eigenvalue weighted by molar-refractivity contribution is 0.102. The molecule has 6 heteroatoms. The average Bonchev–Trinajstić information content (AvgIpc) is 2.50. The van der Waals surface area contributed by atoms with E-state index in [-0.39, 0.29) is 5.91 Å². The number of carbonyl (C=O) groups excluding carboxylic acids is 1. The summed E-state index contributed by atoms with van der Waals surface area (Å²) in [6.07, 6.45) is 0. The van der Waals surface area contributed by atoms with Crippen LogP contribution in [0.5, 0.6) is 11.5 Å². The van der Waals surface area contributed by atoms with E-state index in [9.17, 15) is 4.79 Å². The maximum Gasteiger partial charge on any atom is 0.259 e. The fourth-order valence-electron chi connectivity index (χ4n) is 1.93. The minimum atomic E-state index is -0.309. The van der Waals surface area contributed by atoms with Gasteiger partial charge in [0.15, 0.2) is 0 Å². The van der Waals surface area contributed by atoms with Gasteiger partial charge in [-0.3, -0.25) is 4.79 Å².